The van der Waals surface area contributed by atoms with Gasteiger partial charge in [0.25, 0.3) is 5.91 Å². The summed E-state index contributed by atoms with van der Waals surface area (Å²) < 4.78 is 15.6. The Morgan fingerprint density at radius 2 is 1.62 bits per heavy atom. The molecule has 0 atom stereocenters. The summed E-state index contributed by atoms with van der Waals surface area (Å²) >= 11 is 0. The summed E-state index contributed by atoms with van der Waals surface area (Å²) in [6, 6.07) is 14.0. The number of carbonyl (C=O) groups is 2. The highest BCUT2D eigenvalue weighted by Crippen LogP contribution is 2.26. The minimum atomic E-state index is -0.469. The molecule has 7 nitrogen and oxygen atoms in total. The molecule has 0 unspecified atom stereocenters. The average molecular weight is 358 g/mol. The zero-order chi connectivity index (χ0) is 18.9. The Labute approximate surface area is 152 Å². The normalized spacial score (nSPS) is 9.96. The van der Waals surface area contributed by atoms with Gasteiger partial charge in [-0.3, -0.25) is 9.69 Å². The van der Waals surface area contributed by atoms with Crippen molar-refractivity contribution in [1.82, 2.24) is 0 Å². The highest BCUT2D eigenvalue weighted by Gasteiger charge is 2.11. The third-order valence-corrected chi connectivity index (χ3v) is 3.49. The van der Waals surface area contributed by atoms with Crippen molar-refractivity contribution in [2.24, 2.45) is 0 Å². The minimum Gasteiger partial charge on any atom is -0.490 e. The molecule has 2 rings (SSSR count). The maximum atomic E-state index is 12.1. The van der Waals surface area contributed by atoms with E-state index in [0.717, 1.165) is 0 Å². The van der Waals surface area contributed by atoms with E-state index < -0.39 is 6.09 Å². The summed E-state index contributed by atoms with van der Waals surface area (Å²) in [5, 5.41) is 2.73. The van der Waals surface area contributed by atoms with Gasteiger partial charge in [-0.15, -0.1) is 0 Å². The van der Waals surface area contributed by atoms with Crippen molar-refractivity contribution in [2.45, 2.75) is 6.92 Å². The number of para-hydroxylation sites is 2. The molecule has 2 amide bonds. The summed E-state index contributed by atoms with van der Waals surface area (Å²) in [4.78, 5) is 24.9. The van der Waals surface area contributed by atoms with Gasteiger partial charge in [-0.25, -0.2) is 4.79 Å². The number of methoxy groups -OCH3 is 1. The standard InChI is InChI=1S/C19H22N2O5/c1-4-25-16-7-5-6-8-17(16)26-13-18(22)20-14-9-11-15(12-10-14)21(2)19(23)24-3/h5-12H,4,13H2,1-3H3,(H,20,22). The lowest BCUT2D eigenvalue weighted by Crippen LogP contribution is -2.25. The molecular weight excluding hydrogens is 336 g/mol. The van der Waals surface area contributed by atoms with Gasteiger partial charge >= 0.3 is 6.09 Å². The third kappa shape index (κ3) is 5.14. The summed E-state index contributed by atoms with van der Waals surface area (Å²) in [5.74, 6) is 0.808. The fraction of sp³-hybridized carbons (Fsp3) is 0.263. The molecular formula is C19H22N2O5. The number of carbonyl (C=O) groups excluding carboxylic acids is 2. The first-order valence-electron chi connectivity index (χ1n) is 8.11. The molecule has 0 spiro atoms. The van der Waals surface area contributed by atoms with E-state index in [1.54, 1.807) is 43.4 Å². The van der Waals surface area contributed by atoms with Crippen molar-refractivity contribution >= 4 is 23.4 Å². The molecule has 7 heteroatoms. The number of benzene rings is 2. The summed E-state index contributed by atoms with van der Waals surface area (Å²) in [6.45, 7) is 2.25. The van der Waals surface area contributed by atoms with E-state index in [1.807, 2.05) is 19.1 Å². The molecule has 0 aliphatic heterocycles. The fourth-order valence-corrected chi connectivity index (χ4v) is 2.20. The molecule has 2 aromatic carbocycles. The first-order valence-corrected chi connectivity index (χ1v) is 8.11. The van der Waals surface area contributed by atoms with Crippen molar-refractivity contribution in [3.63, 3.8) is 0 Å². The van der Waals surface area contributed by atoms with Gasteiger partial charge < -0.3 is 19.5 Å². The Morgan fingerprint density at radius 3 is 2.19 bits per heavy atom. The molecule has 0 saturated heterocycles. The molecule has 0 aliphatic carbocycles. The van der Waals surface area contributed by atoms with Crippen molar-refractivity contribution < 1.29 is 23.8 Å². The molecule has 0 aliphatic rings. The number of nitrogens with one attached hydrogen (secondary N) is 1. The smallest absolute Gasteiger partial charge is 0.413 e. The number of hydrogen-bond acceptors (Lipinski definition) is 5. The Morgan fingerprint density at radius 1 is 1.00 bits per heavy atom. The zero-order valence-corrected chi connectivity index (χ0v) is 15.0. The van der Waals surface area contributed by atoms with Crippen LogP contribution >= 0.6 is 0 Å². The van der Waals surface area contributed by atoms with Crippen LogP contribution < -0.4 is 19.7 Å². The van der Waals surface area contributed by atoms with E-state index in [9.17, 15) is 9.59 Å². The first-order chi connectivity index (χ1) is 12.5. The SMILES string of the molecule is CCOc1ccccc1OCC(=O)Nc1ccc(N(C)C(=O)OC)cc1. The Hall–Kier alpha value is -3.22. The summed E-state index contributed by atoms with van der Waals surface area (Å²) in [6.07, 6.45) is -0.469. The molecule has 138 valence electrons. The van der Waals surface area contributed by atoms with E-state index in [2.05, 4.69) is 10.1 Å². The second-order valence-electron chi connectivity index (χ2n) is 5.29. The highest BCUT2D eigenvalue weighted by atomic mass is 16.5. The van der Waals surface area contributed by atoms with Crippen LogP contribution in [0.3, 0.4) is 0 Å². The minimum absolute atomic E-state index is 0.145. The summed E-state index contributed by atoms with van der Waals surface area (Å²) in [5.41, 5.74) is 1.25. The van der Waals surface area contributed by atoms with Crippen molar-refractivity contribution in [2.75, 3.05) is 37.6 Å². The molecule has 0 bridgehead atoms. The quantitative estimate of drug-likeness (QED) is 0.822. The molecule has 0 saturated carbocycles. The Bertz CT molecular complexity index is 746. The number of anilines is 2. The van der Waals surface area contributed by atoms with Crippen LogP contribution in [-0.2, 0) is 9.53 Å². The molecule has 0 fully saturated rings. The fourth-order valence-electron chi connectivity index (χ4n) is 2.20. The van der Waals surface area contributed by atoms with Crippen LogP contribution in [0.25, 0.3) is 0 Å². The van der Waals surface area contributed by atoms with Crippen LogP contribution in [0.1, 0.15) is 6.92 Å². The summed E-state index contributed by atoms with van der Waals surface area (Å²) in [7, 11) is 2.92. The number of rotatable bonds is 7. The van der Waals surface area contributed by atoms with Gasteiger partial charge in [-0.05, 0) is 43.3 Å². The van der Waals surface area contributed by atoms with E-state index >= 15 is 0 Å². The van der Waals surface area contributed by atoms with E-state index in [1.165, 1.54) is 12.0 Å². The predicted molar refractivity (Wildman–Crippen MR) is 99.0 cm³/mol. The first kappa shape index (κ1) is 19.1. The monoisotopic (exact) mass is 358 g/mol. The van der Waals surface area contributed by atoms with Gasteiger partial charge in [0.15, 0.2) is 18.1 Å². The van der Waals surface area contributed by atoms with Gasteiger partial charge in [0.1, 0.15) is 0 Å². The van der Waals surface area contributed by atoms with Crippen LogP contribution in [0.15, 0.2) is 48.5 Å². The molecule has 26 heavy (non-hydrogen) atoms. The predicted octanol–water partition coefficient (Wildman–Crippen LogP) is 3.31. The second-order valence-corrected chi connectivity index (χ2v) is 5.29. The second kappa shape index (κ2) is 9.31. The van der Waals surface area contributed by atoms with Crippen LogP contribution in [0.2, 0.25) is 0 Å². The van der Waals surface area contributed by atoms with Gasteiger partial charge in [0, 0.05) is 18.4 Å². The van der Waals surface area contributed by atoms with E-state index in [-0.39, 0.29) is 12.5 Å². The van der Waals surface area contributed by atoms with Gasteiger partial charge in [0.2, 0.25) is 0 Å². The Kier molecular flexibility index (Phi) is 6.84. The Balaban J connectivity index is 1.91. The lowest BCUT2D eigenvalue weighted by atomic mass is 10.2. The average Bonchev–Trinajstić information content (AvgIpc) is 2.67. The van der Waals surface area contributed by atoms with Crippen molar-refractivity contribution in [1.29, 1.82) is 0 Å². The highest BCUT2D eigenvalue weighted by molar-refractivity contribution is 5.92. The topological polar surface area (TPSA) is 77.1 Å². The largest absolute Gasteiger partial charge is 0.490 e. The van der Waals surface area contributed by atoms with Crippen LogP contribution in [0.4, 0.5) is 16.2 Å². The number of nitrogens with zero attached hydrogens (tertiary/aromatic N) is 1. The van der Waals surface area contributed by atoms with Crippen molar-refractivity contribution in [3.8, 4) is 11.5 Å². The lowest BCUT2D eigenvalue weighted by molar-refractivity contribution is -0.118. The molecule has 0 radical (unpaired) electrons. The lowest BCUT2D eigenvalue weighted by Gasteiger charge is -2.16. The third-order valence-electron chi connectivity index (χ3n) is 3.49. The molecule has 2 aromatic rings. The van der Waals surface area contributed by atoms with Gasteiger partial charge in [-0.1, -0.05) is 12.1 Å². The molecule has 0 aromatic heterocycles. The zero-order valence-electron chi connectivity index (χ0n) is 15.0. The maximum absolute atomic E-state index is 12.1. The van der Waals surface area contributed by atoms with E-state index in [0.29, 0.717) is 29.5 Å². The van der Waals surface area contributed by atoms with Crippen LogP contribution in [0.5, 0.6) is 11.5 Å². The molecule has 0 heterocycles. The number of ether oxygens (including phenoxy) is 3. The molecule has 1 N–H and O–H groups in total. The van der Waals surface area contributed by atoms with E-state index in [4.69, 9.17) is 9.47 Å². The van der Waals surface area contributed by atoms with Gasteiger partial charge in [-0.2, -0.15) is 0 Å². The van der Waals surface area contributed by atoms with Crippen LogP contribution in [-0.4, -0.2) is 39.4 Å². The maximum Gasteiger partial charge on any atom is 0.413 e. The number of amides is 2. The van der Waals surface area contributed by atoms with Crippen LogP contribution in [0, 0.1) is 0 Å². The van der Waals surface area contributed by atoms with Crippen molar-refractivity contribution in [3.05, 3.63) is 48.5 Å². The van der Waals surface area contributed by atoms with Gasteiger partial charge in [0.05, 0.1) is 13.7 Å². The number of hydrogen-bond donors (Lipinski definition) is 1.